The fourth-order valence-electron chi connectivity index (χ4n) is 1.93. The molecule has 3 rings (SSSR count). The summed E-state index contributed by atoms with van der Waals surface area (Å²) in [7, 11) is 0. The molecule has 18 heavy (non-hydrogen) atoms. The van der Waals surface area contributed by atoms with E-state index in [1.54, 1.807) is 12.4 Å². The number of pyridine rings is 2. The summed E-state index contributed by atoms with van der Waals surface area (Å²) in [5, 5.41) is 0. The number of imidazole rings is 1. The molecule has 3 aromatic rings. The van der Waals surface area contributed by atoms with Gasteiger partial charge < -0.3 is 9.14 Å². The lowest BCUT2D eigenvalue weighted by atomic mass is 10.3. The van der Waals surface area contributed by atoms with Gasteiger partial charge in [-0.15, -0.1) is 0 Å². The minimum Gasteiger partial charge on any atom is -0.452 e. The van der Waals surface area contributed by atoms with Gasteiger partial charge in [-0.1, -0.05) is 0 Å². The number of aromatic nitrogens is 3. The highest BCUT2D eigenvalue weighted by Gasteiger charge is 2.08. The second-order valence-electron chi connectivity index (χ2n) is 4.29. The van der Waals surface area contributed by atoms with E-state index in [4.69, 9.17) is 4.74 Å². The molecule has 4 nitrogen and oxygen atoms in total. The smallest absolute Gasteiger partial charge is 0.180 e. The molecule has 0 radical (unpaired) electrons. The van der Waals surface area contributed by atoms with E-state index in [-0.39, 0.29) is 0 Å². The number of fused-ring (bicyclic) bond motifs is 1. The molecule has 0 bridgehead atoms. The van der Waals surface area contributed by atoms with E-state index in [9.17, 15) is 0 Å². The largest absolute Gasteiger partial charge is 0.452 e. The normalized spacial score (nSPS) is 10.8. The molecule has 0 N–H and O–H groups in total. The van der Waals surface area contributed by atoms with Crippen LogP contribution in [0.25, 0.3) is 5.65 Å². The van der Waals surface area contributed by atoms with Gasteiger partial charge in [0.2, 0.25) is 0 Å². The summed E-state index contributed by atoms with van der Waals surface area (Å²) >= 11 is 0. The van der Waals surface area contributed by atoms with Gasteiger partial charge in [-0.3, -0.25) is 4.98 Å². The minimum absolute atomic E-state index is 0.714. The number of nitrogens with zero attached hydrogens (tertiary/aromatic N) is 3. The van der Waals surface area contributed by atoms with Crippen molar-refractivity contribution in [2.75, 3.05) is 0 Å². The van der Waals surface area contributed by atoms with Crippen LogP contribution in [0.2, 0.25) is 0 Å². The molecule has 3 heterocycles. The maximum atomic E-state index is 5.84. The summed E-state index contributed by atoms with van der Waals surface area (Å²) < 4.78 is 7.82. The number of rotatable bonds is 2. The average molecular weight is 239 g/mol. The molecule has 3 aromatic heterocycles. The van der Waals surface area contributed by atoms with E-state index in [0.29, 0.717) is 5.75 Å². The SMILES string of the molecule is Cc1cc(Oc2cccnc2)c2nc(C)cn2c1. The van der Waals surface area contributed by atoms with Gasteiger partial charge >= 0.3 is 0 Å². The Morgan fingerprint density at radius 2 is 2.11 bits per heavy atom. The molecule has 0 aliphatic carbocycles. The molecule has 0 aliphatic rings. The highest BCUT2D eigenvalue weighted by atomic mass is 16.5. The summed E-state index contributed by atoms with van der Waals surface area (Å²) in [5.41, 5.74) is 2.91. The molecular formula is C14H13N3O. The van der Waals surface area contributed by atoms with Crippen molar-refractivity contribution in [2.24, 2.45) is 0 Å². The first-order chi connectivity index (χ1) is 8.72. The predicted molar refractivity (Wildman–Crippen MR) is 69.0 cm³/mol. The Morgan fingerprint density at radius 1 is 1.22 bits per heavy atom. The highest BCUT2D eigenvalue weighted by Crippen LogP contribution is 2.26. The first kappa shape index (κ1) is 10.8. The van der Waals surface area contributed by atoms with Crippen molar-refractivity contribution >= 4 is 5.65 Å². The minimum atomic E-state index is 0.714. The second kappa shape index (κ2) is 4.14. The second-order valence-corrected chi connectivity index (χ2v) is 4.29. The van der Waals surface area contributed by atoms with Gasteiger partial charge in [-0.05, 0) is 37.6 Å². The number of hydrogen-bond acceptors (Lipinski definition) is 3. The van der Waals surface area contributed by atoms with Crippen LogP contribution in [-0.4, -0.2) is 14.4 Å². The Morgan fingerprint density at radius 3 is 2.89 bits per heavy atom. The molecule has 0 aliphatic heterocycles. The Balaban J connectivity index is 2.10. The van der Waals surface area contributed by atoms with Crippen LogP contribution in [0.5, 0.6) is 11.5 Å². The summed E-state index contributed by atoms with van der Waals surface area (Å²) in [5.74, 6) is 1.46. The third kappa shape index (κ3) is 1.93. The molecule has 90 valence electrons. The molecule has 0 atom stereocenters. The molecule has 4 heteroatoms. The van der Waals surface area contributed by atoms with Crippen molar-refractivity contribution in [1.29, 1.82) is 0 Å². The van der Waals surface area contributed by atoms with Gasteiger partial charge in [0.15, 0.2) is 11.4 Å². The van der Waals surface area contributed by atoms with E-state index in [1.807, 2.05) is 48.8 Å². The highest BCUT2D eigenvalue weighted by molar-refractivity contribution is 5.57. The van der Waals surface area contributed by atoms with Gasteiger partial charge in [-0.2, -0.15) is 0 Å². The Kier molecular flexibility index (Phi) is 2.48. The van der Waals surface area contributed by atoms with Crippen LogP contribution in [0, 0.1) is 13.8 Å². The molecular weight excluding hydrogens is 226 g/mol. The average Bonchev–Trinajstić information content (AvgIpc) is 2.71. The zero-order chi connectivity index (χ0) is 12.5. The van der Waals surface area contributed by atoms with Gasteiger partial charge in [0.25, 0.3) is 0 Å². The molecule has 0 saturated carbocycles. The fraction of sp³-hybridized carbons (Fsp3) is 0.143. The van der Waals surface area contributed by atoms with Crippen molar-refractivity contribution in [2.45, 2.75) is 13.8 Å². The van der Waals surface area contributed by atoms with Crippen LogP contribution < -0.4 is 4.74 Å². The van der Waals surface area contributed by atoms with E-state index in [1.165, 1.54) is 0 Å². The standard InChI is InChI=1S/C14H13N3O/c1-10-6-13(18-12-4-3-5-15-7-12)14-16-11(2)9-17(14)8-10/h3-9H,1-2H3. The lowest BCUT2D eigenvalue weighted by Crippen LogP contribution is -1.92. The topological polar surface area (TPSA) is 39.4 Å². The zero-order valence-corrected chi connectivity index (χ0v) is 10.3. The number of aryl methyl sites for hydroxylation is 2. The Bertz CT molecular complexity index is 689. The van der Waals surface area contributed by atoms with Gasteiger partial charge in [0.05, 0.1) is 11.9 Å². The van der Waals surface area contributed by atoms with Crippen LogP contribution in [0.15, 0.2) is 43.0 Å². The number of ether oxygens (including phenoxy) is 1. The molecule has 0 fully saturated rings. The Hall–Kier alpha value is -2.36. The van der Waals surface area contributed by atoms with Gasteiger partial charge in [0.1, 0.15) is 5.75 Å². The van der Waals surface area contributed by atoms with Crippen molar-refractivity contribution in [3.8, 4) is 11.5 Å². The van der Waals surface area contributed by atoms with E-state index in [2.05, 4.69) is 9.97 Å². The summed E-state index contributed by atoms with van der Waals surface area (Å²) in [6.07, 6.45) is 7.43. The van der Waals surface area contributed by atoms with Crippen LogP contribution in [-0.2, 0) is 0 Å². The Labute approximate surface area is 105 Å². The van der Waals surface area contributed by atoms with Crippen LogP contribution in [0.3, 0.4) is 0 Å². The zero-order valence-electron chi connectivity index (χ0n) is 10.3. The molecule has 0 spiro atoms. The van der Waals surface area contributed by atoms with E-state index in [0.717, 1.165) is 22.7 Å². The van der Waals surface area contributed by atoms with Crippen LogP contribution in [0.1, 0.15) is 11.3 Å². The maximum absolute atomic E-state index is 5.84. The van der Waals surface area contributed by atoms with E-state index >= 15 is 0 Å². The van der Waals surface area contributed by atoms with Crippen molar-refractivity contribution < 1.29 is 4.74 Å². The fourth-order valence-corrected chi connectivity index (χ4v) is 1.93. The molecule has 0 unspecified atom stereocenters. The quantitative estimate of drug-likeness (QED) is 0.689. The van der Waals surface area contributed by atoms with Gasteiger partial charge in [-0.25, -0.2) is 4.98 Å². The predicted octanol–water partition coefficient (Wildman–Crippen LogP) is 3.14. The number of hydrogen-bond donors (Lipinski definition) is 0. The van der Waals surface area contributed by atoms with Gasteiger partial charge in [0, 0.05) is 18.6 Å². The third-order valence-electron chi connectivity index (χ3n) is 2.64. The summed E-state index contributed by atoms with van der Waals surface area (Å²) in [6.45, 7) is 4.00. The first-order valence-corrected chi connectivity index (χ1v) is 5.76. The van der Waals surface area contributed by atoms with Crippen molar-refractivity contribution in [1.82, 2.24) is 14.4 Å². The third-order valence-corrected chi connectivity index (χ3v) is 2.64. The van der Waals surface area contributed by atoms with Crippen LogP contribution in [0.4, 0.5) is 0 Å². The maximum Gasteiger partial charge on any atom is 0.180 e. The molecule has 0 saturated heterocycles. The first-order valence-electron chi connectivity index (χ1n) is 5.76. The molecule has 0 aromatic carbocycles. The molecule has 0 amide bonds. The lowest BCUT2D eigenvalue weighted by Gasteiger charge is -2.07. The monoisotopic (exact) mass is 239 g/mol. The lowest BCUT2D eigenvalue weighted by molar-refractivity contribution is 0.482. The van der Waals surface area contributed by atoms with E-state index < -0.39 is 0 Å². The van der Waals surface area contributed by atoms with Crippen molar-refractivity contribution in [3.05, 3.63) is 54.2 Å². The van der Waals surface area contributed by atoms with Crippen molar-refractivity contribution in [3.63, 3.8) is 0 Å². The summed E-state index contributed by atoms with van der Waals surface area (Å²) in [6, 6.07) is 5.70. The van der Waals surface area contributed by atoms with Crippen LogP contribution >= 0.6 is 0 Å². The summed E-state index contributed by atoms with van der Waals surface area (Å²) in [4.78, 5) is 8.50.